The molecule has 2 aliphatic carbocycles. The van der Waals surface area contributed by atoms with E-state index in [1.807, 2.05) is 12.1 Å². The quantitative estimate of drug-likeness (QED) is 0.242. The SMILES string of the molecule is CCCCCC[C@H]1CC[C@H](OC(=O)[C@H]2CC[C@H](CCC=CC#N)CC2)CC1. The van der Waals surface area contributed by atoms with Gasteiger partial charge in [-0.1, -0.05) is 45.1 Å². The summed E-state index contributed by atoms with van der Waals surface area (Å²) in [4.78, 5) is 12.5. The standard InChI is InChI=1S/C24H39NO2/c1-2-3-4-6-9-21-13-17-23(18-14-21)27-24(26)22-15-11-20(12-16-22)10-7-5-8-19-25/h5,8,20-23H,2-4,6-7,9-18H2,1H3/t20-,21-,22-,23-. The van der Waals surface area contributed by atoms with Crippen LogP contribution in [0.15, 0.2) is 12.2 Å². The van der Waals surface area contributed by atoms with Gasteiger partial charge in [0.25, 0.3) is 0 Å². The first kappa shape index (κ1) is 22.0. The highest BCUT2D eigenvalue weighted by atomic mass is 16.5. The van der Waals surface area contributed by atoms with Gasteiger partial charge in [0, 0.05) is 6.08 Å². The number of nitrogens with zero attached hydrogens (tertiary/aromatic N) is 1. The summed E-state index contributed by atoms with van der Waals surface area (Å²) in [5.41, 5.74) is 0. The van der Waals surface area contributed by atoms with Crippen LogP contribution >= 0.6 is 0 Å². The first-order valence-electron chi connectivity index (χ1n) is 11.5. The molecule has 2 rings (SSSR count). The van der Waals surface area contributed by atoms with Gasteiger partial charge >= 0.3 is 5.97 Å². The highest BCUT2D eigenvalue weighted by Gasteiger charge is 2.30. The predicted molar refractivity (Wildman–Crippen MR) is 110 cm³/mol. The fraction of sp³-hybridized carbons (Fsp3) is 0.833. The fourth-order valence-electron chi connectivity index (χ4n) is 4.81. The molecule has 0 N–H and O–H groups in total. The van der Waals surface area contributed by atoms with Crippen molar-refractivity contribution in [1.82, 2.24) is 0 Å². The number of ether oxygens (including phenoxy) is 1. The molecular formula is C24H39NO2. The van der Waals surface area contributed by atoms with Crippen LogP contribution in [0.1, 0.15) is 103 Å². The minimum Gasteiger partial charge on any atom is -0.462 e. The average molecular weight is 374 g/mol. The van der Waals surface area contributed by atoms with Crippen molar-refractivity contribution in [2.75, 3.05) is 0 Å². The zero-order chi connectivity index (χ0) is 19.3. The molecule has 0 aromatic rings. The lowest BCUT2D eigenvalue weighted by Gasteiger charge is -2.31. The van der Waals surface area contributed by atoms with Crippen molar-refractivity contribution < 1.29 is 9.53 Å². The average Bonchev–Trinajstić information content (AvgIpc) is 2.70. The topological polar surface area (TPSA) is 50.1 Å². The van der Waals surface area contributed by atoms with Gasteiger partial charge in [-0.05, 0) is 76.0 Å². The van der Waals surface area contributed by atoms with Crippen molar-refractivity contribution in [2.24, 2.45) is 17.8 Å². The first-order chi connectivity index (χ1) is 13.2. The van der Waals surface area contributed by atoms with E-state index in [0.29, 0.717) is 5.92 Å². The Kier molecular flexibility index (Phi) is 10.6. The van der Waals surface area contributed by atoms with Gasteiger partial charge < -0.3 is 4.74 Å². The number of esters is 1. The largest absolute Gasteiger partial charge is 0.462 e. The third-order valence-electron chi connectivity index (χ3n) is 6.66. The van der Waals surface area contributed by atoms with E-state index in [1.165, 1.54) is 44.9 Å². The molecule has 0 amide bonds. The number of unbranched alkanes of at least 4 members (excludes halogenated alkanes) is 3. The molecule has 0 bridgehead atoms. The Morgan fingerprint density at radius 2 is 1.63 bits per heavy atom. The molecule has 152 valence electrons. The molecule has 2 saturated carbocycles. The Hall–Kier alpha value is -1.30. The van der Waals surface area contributed by atoms with Crippen molar-refractivity contribution in [3.05, 3.63) is 12.2 Å². The third-order valence-corrected chi connectivity index (χ3v) is 6.66. The van der Waals surface area contributed by atoms with E-state index < -0.39 is 0 Å². The number of nitriles is 1. The number of carbonyl (C=O) groups excluding carboxylic acids is 1. The second-order valence-electron chi connectivity index (χ2n) is 8.76. The lowest BCUT2D eigenvalue weighted by Crippen LogP contribution is -2.30. The first-order valence-corrected chi connectivity index (χ1v) is 11.5. The zero-order valence-corrected chi connectivity index (χ0v) is 17.3. The molecule has 0 aliphatic heterocycles. The van der Waals surface area contributed by atoms with E-state index in [2.05, 4.69) is 6.92 Å². The summed E-state index contributed by atoms with van der Waals surface area (Å²) in [5.74, 6) is 1.77. The van der Waals surface area contributed by atoms with Crippen LogP contribution in [-0.2, 0) is 9.53 Å². The van der Waals surface area contributed by atoms with Crippen molar-refractivity contribution >= 4 is 5.97 Å². The molecule has 0 spiro atoms. The van der Waals surface area contributed by atoms with Crippen molar-refractivity contribution in [2.45, 2.75) is 109 Å². The molecule has 0 radical (unpaired) electrons. The highest BCUT2D eigenvalue weighted by molar-refractivity contribution is 5.72. The van der Waals surface area contributed by atoms with Crippen molar-refractivity contribution in [1.29, 1.82) is 5.26 Å². The van der Waals surface area contributed by atoms with Gasteiger partial charge in [0.2, 0.25) is 0 Å². The van der Waals surface area contributed by atoms with Gasteiger partial charge in [0.1, 0.15) is 6.10 Å². The van der Waals surface area contributed by atoms with E-state index >= 15 is 0 Å². The molecular weight excluding hydrogens is 334 g/mol. The van der Waals surface area contributed by atoms with E-state index in [4.69, 9.17) is 10.00 Å². The Labute approximate surface area is 166 Å². The smallest absolute Gasteiger partial charge is 0.309 e. The molecule has 27 heavy (non-hydrogen) atoms. The molecule has 0 aromatic heterocycles. The molecule has 0 unspecified atom stereocenters. The van der Waals surface area contributed by atoms with E-state index in [1.54, 1.807) is 6.08 Å². The summed E-state index contributed by atoms with van der Waals surface area (Å²) < 4.78 is 5.88. The molecule has 3 nitrogen and oxygen atoms in total. The summed E-state index contributed by atoms with van der Waals surface area (Å²) >= 11 is 0. The van der Waals surface area contributed by atoms with Gasteiger partial charge in [0.05, 0.1) is 12.0 Å². The van der Waals surface area contributed by atoms with E-state index in [0.717, 1.165) is 57.3 Å². The van der Waals surface area contributed by atoms with E-state index in [9.17, 15) is 4.79 Å². The van der Waals surface area contributed by atoms with Gasteiger partial charge in [0.15, 0.2) is 0 Å². The minimum absolute atomic E-state index is 0.0734. The van der Waals surface area contributed by atoms with Crippen LogP contribution in [0.2, 0.25) is 0 Å². The van der Waals surface area contributed by atoms with Gasteiger partial charge in [-0.3, -0.25) is 4.79 Å². The van der Waals surface area contributed by atoms with Crippen LogP contribution in [0.4, 0.5) is 0 Å². The minimum atomic E-state index is 0.0734. The Balaban J connectivity index is 1.57. The molecule has 2 fully saturated rings. The molecule has 0 saturated heterocycles. The molecule has 0 atom stereocenters. The van der Waals surface area contributed by atoms with Crippen LogP contribution < -0.4 is 0 Å². The summed E-state index contributed by atoms with van der Waals surface area (Å²) in [7, 11) is 0. The van der Waals surface area contributed by atoms with E-state index in [-0.39, 0.29) is 18.0 Å². The maximum atomic E-state index is 12.5. The molecule has 0 aromatic carbocycles. The Morgan fingerprint density at radius 1 is 0.963 bits per heavy atom. The van der Waals surface area contributed by atoms with Gasteiger partial charge in [-0.2, -0.15) is 5.26 Å². The second-order valence-corrected chi connectivity index (χ2v) is 8.76. The third kappa shape index (κ3) is 8.50. The van der Waals surface area contributed by atoms with Crippen molar-refractivity contribution in [3.8, 4) is 6.07 Å². The maximum Gasteiger partial charge on any atom is 0.309 e. The molecule has 0 heterocycles. The number of allylic oxidation sites excluding steroid dienone is 2. The number of carbonyl (C=O) groups is 1. The van der Waals surface area contributed by atoms with Crippen LogP contribution in [0.25, 0.3) is 0 Å². The maximum absolute atomic E-state index is 12.5. The van der Waals surface area contributed by atoms with Gasteiger partial charge in [-0.25, -0.2) is 0 Å². The predicted octanol–water partition coefficient (Wildman–Crippen LogP) is 6.73. The number of hydrogen-bond donors (Lipinski definition) is 0. The van der Waals surface area contributed by atoms with Crippen LogP contribution in [0.5, 0.6) is 0 Å². The van der Waals surface area contributed by atoms with Crippen LogP contribution in [0, 0.1) is 29.1 Å². The summed E-state index contributed by atoms with van der Waals surface area (Å²) in [6, 6.07) is 2.04. The van der Waals surface area contributed by atoms with Crippen molar-refractivity contribution in [3.63, 3.8) is 0 Å². The summed E-state index contributed by atoms with van der Waals surface area (Å²) in [6.45, 7) is 2.26. The number of hydrogen-bond acceptors (Lipinski definition) is 3. The lowest BCUT2D eigenvalue weighted by atomic mass is 9.80. The molecule has 3 heteroatoms. The zero-order valence-electron chi connectivity index (χ0n) is 17.3. The summed E-state index contributed by atoms with van der Waals surface area (Å²) in [5, 5.41) is 8.52. The highest BCUT2D eigenvalue weighted by Crippen LogP contribution is 2.34. The fourth-order valence-corrected chi connectivity index (χ4v) is 4.81. The lowest BCUT2D eigenvalue weighted by molar-refractivity contribution is -0.157. The van der Waals surface area contributed by atoms with Crippen LogP contribution in [0.3, 0.4) is 0 Å². The second kappa shape index (κ2) is 13.0. The van der Waals surface area contributed by atoms with Gasteiger partial charge in [-0.15, -0.1) is 0 Å². The molecule has 2 aliphatic rings. The Morgan fingerprint density at radius 3 is 2.30 bits per heavy atom. The normalized spacial score (nSPS) is 28.7. The summed E-state index contributed by atoms with van der Waals surface area (Å²) in [6.07, 6.45) is 21.5. The van der Waals surface area contributed by atoms with Crippen LogP contribution in [-0.4, -0.2) is 12.1 Å². The monoisotopic (exact) mass is 373 g/mol. The Bertz CT molecular complexity index is 477. The number of rotatable bonds is 10.